The molecule has 0 saturated carbocycles. The van der Waals surface area contributed by atoms with Crippen molar-refractivity contribution in [3.05, 3.63) is 66.2 Å². The second kappa shape index (κ2) is 9.66. The number of benzene rings is 3. The Kier molecular flexibility index (Phi) is 6.53. The number of hydrogen-bond donors (Lipinski definition) is 3. The maximum Gasteiger partial charge on any atom is 0.356 e. The van der Waals surface area contributed by atoms with Gasteiger partial charge in [0.1, 0.15) is 16.8 Å². The van der Waals surface area contributed by atoms with Crippen molar-refractivity contribution < 1.29 is 9.67 Å². The lowest BCUT2D eigenvalue weighted by Gasteiger charge is -2.09. The lowest BCUT2D eigenvalue weighted by Crippen LogP contribution is -2.36. The zero-order valence-electron chi connectivity index (χ0n) is 17.8. The first-order chi connectivity index (χ1) is 14.8. The van der Waals surface area contributed by atoms with E-state index in [1.54, 1.807) is 6.07 Å². The molecule has 0 spiro atoms. The number of anilines is 1. The van der Waals surface area contributed by atoms with E-state index in [0.717, 1.165) is 34.3 Å². The van der Waals surface area contributed by atoms with Crippen LogP contribution in [0.15, 0.2) is 60.7 Å². The van der Waals surface area contributed by atoms with Crippen LogP contribution in [0.1, 0.15) is 51.0 Å². The lowest BCUT2D eigenvalue weighted by molar-refractivity contribution is -0.657. The number of H-pyrrole nitrogens is 1. The van der Waals surface area contributed by atoms with Gasteiger partial charge in [-0.3, -0.25) is 5.32 Å². The molecule has 1 heterocycles. The van der Waals surface area contributed by atoms with Crippen molar-refractivity contribution in [2.24, 2.45) is 0 Å². The Morgan fingerprint density at radius 2 is 1.63 bits per heavy atom. The van der Waals surface area contributed by atoms with Crippen LogP contribution in [-0.2, 0) is 13.1 Å². The van der Waals surface area contributed by atoms with Gasteiger partial charge in [0.05, 0.1) is 13.1 Å². The molecule has 4 heteroatoms. The van der Waals surface area contributed by atoms with E-state index in [1.807, 2.05) is 18.2 Å². The Balaban J connectivity index is 1.53. The molecule has 30 heavy (non-hydrogen) atoms. The summed E-state index contributed by atoms with van der Waals surface area (Å²) < 4.78 is 2.34. The Labute approximate surface area is 178 Å². The summed E-state index contributed by atoms with van der Waals surface area (Å²) in [5.74, 6) is 1.33. The Morgan fingerprint density at radius 3 is 2.53 bits per heavy atom. The van der Waals surface area contributed by atoms with E-state index in [0.29, 0.717) is 12.3 Å². The highest BCUT2D eigenvalue weighted by Gasteiger charge is 2.18. The number of aromatic amines is 1. The molecule has 3 N–H and O–H groups in total. The van der Waals surface area contributed by atoms with Crippen molar-refractivity contribution in [3.8, 4) is 5.75 Å². The number of rotatable bonds is 10. The van der Waals surface area contributed by atoms with Gasteiger partial charge < -0.3 is 5.11 Å². The molecule has 0 aliphatic rings. The fraction of sp³-hybridized carbons (Fsp3) is 0.346. The minimum Gasteiger partial charge on any atom is -0.508 e. The van der Waals surface area contributed by atoms with Crippen molar-refractivity contribution in [1.82, 2.24) is 4.98 Å². The fourth-order valence-corrected chi connectivity index (χ4v) is 4.23. The van der Waals surface area contributed by atoms with Crippen LogP contribution in [0.25, 0.3) is 21.8 Å². The smallest absolute Gasteiger partial charge is 0.356 e. The molecule has 0 fully saturated rings. The van der Waals surface area contributed by atoms with E-state index in [9.17, 15) is 5.11 Å². The van der Waals surface area contributed by atoms with Crippen molar-refractivity contribution >= 4 is 27.8 Å². The van der Waals surface area contributed by atoms with Crippen molar-refractivity contribution in [2.45, 2.75) is 58.5 Å². The van der Waals surface area contributed by atoms with Crippen LogP contribution in [0.2, 0.25) is 0 Å². The highest BCUT2D eigenvalue weighted by molar-refractivity contribution is 5.87. The summed E-state index contributed by atoms with van der Waals surface area (Å²) in [7, 11) is 0. The molecule has 0 saturated heterocycles. The number of fused-ring (bicyclic) bond motifs is 2. The molecule has 0 unspecified atom stereocenters. The highest BCUT2D eigenvalue weighted by Crippen LogP contribution is 2.27. The molecule has 156 valence electrons. The summed E-state index contributed by atoms with van der Waals surface area (Å²) in [6.45, 7) is 3.81. The average Bonchev–Trinajstić information content (AvgIpc) is 3.13. The topological polar surface area (TPSA) is 51.9 Å². The van der Waals surface area contributed by atoms with Crippen LogP contribution < -0.4 is 9.88 Å². The van der Waals surface area contributed by atoms with E-state index in [1.165, 1.54) is 44.0 Å². The summed E-state index contributed by atoms with van der Waals surface area (Å²) in [5.41, 5.74) is 3.28. The van der Waals surface area contributed by atoms with Gasteiger partial charge >= 0.3 is 5.95 Å². The number of nitrogens with one attached hydrogen (secondary N) is 2. The van der Waals surface area contributed by atoms with Gasteiger partial charge in [0.25, 0.3) is 0 Å². The minimum absolute atomic E-state index is 0.333. The van der Waals surface area contributed by atoms with E-state index in [-0.39, 0.29) is 0 Å². The van der Waals surface area contributed by atoms with Gasteiger partial charge in [0.15, 0.2) is 0 Å². The Hall–Kier alpha value is -3.01. The Morgan fingerprint density at radius 1 is 0.867 bits per heavy atom. The third-order valence-electron chi connectivity index (χ3n) is 5.90. The fourth-order valence-electron chi connectivity index (χ4n) is 4.23. The van der Waals surface area contributed by atoms with Gasteiger partial charge in [-0.25, -0.2) is 9.55 Å². The van der Waals surface area contributed by atoms with Gasteiger partial charge in [-0.1, -0.05) is 81.5 Å². The first-order valence-electron chi connectivity index (χ1n) is 11.2. The van der Waals surface area contributed by atoms with Gasteiger partial charge in [-0.2, -0.15) is 0 Å². The SMILES string of the molecule is CCCCCCCC[n+]1c(NCc2c(O)ccc3ccccc23)[nH]c2ccccc21. The Bertz CT molecular complexity index is 1120. The predicted molar refractivity (Wildman–Crippen MR) is 125 cm³/mol. The van der Waals surface area contributed by atoms with E-state index in [4.69, 9.17) is 0 Å². The van der Waals surface area contributed by atoms with Crippen LogP contribution >= 0.6 is 0 Å². The van der Waals surface area contributed by atoms with Gasteiger partial charge in [0, 0.05) is 5.56 Å². The van der Waals surface area contributed by atoms with Gasteiger partial charge in [-0.15, -0.1) is 0 Å². The summed E-state index contributed by atoms with van der Waals surface area (Å²) in [5, 5.41) is 16.3. The first-order valence-corrected chi connectivity index (χ1v) is 11.2. The lowest BCUT2D eigenvalue weighted by atomic mass is 10.0. The predicted octanol–water partition coefficient (Wildman–Crippen LogP) is 6.29. The van der Waals surface area contributed by atoms with E-state index < -0.39 is 0 Å². The average molecular weight is 403 g/mol. The largest absolute Gasteiger partial charge is 0.508 e. The highest BCUT2D eigenvalue weighted by atomic mass is 16.3. The van der Waals surface area contributed by atoms with Crippen LogP contribution in [0.3, 0.4) is 0 Å². The first kappa shape index (κ1) is 20.3. The molecule has 4 rings (SSSR count). The molecule has 3 aromatic carbocycles. The number of imidazole rings is 1. The minimum atomic E-state index is 0.333. The third-order valence-corrected chi connectivity index (χ3v) is 5.90. The molecule has 4 aromatic rings. The summed E-state index contributed by atoms with van der Waals surface area (Å²) in [6.07, 6.45) is 7.69. The summed E-state index contributed by atoms with van der Waals surface area (Å²) in [6, 6.07) is 20.4. The number of phenolic OH excluding ortho intramolecular Hbond substituents is 1. The second-order valence-corrected chi connectivity index (χ2v) is 8.05. The number of phenols is 1. The molecule has 1 aromatic heterocycles. The normalized spacial score (nSPS) is 11.4. The maximum absolute atomic E-state index is 10.5. The second-order valence-electron chi connectivity index (χ2n) is 8.05. The van der Waals surface area contributed by atoms with E-state index >= 15 is 0 Å². The third kappa shape index (κ3) is 4.43. The van der Waals surface area contributed by atoms with Crippen LogP contribution in [0.4, 0.5) is 5.95 Å². The van der Waals surface area contributed by atoms with Crippen molar-refractivity contribution in [2.75, 3.05) is 5.32 Å². The zero-order valence-corrected chi connectivity index (χ0v) is 17.8. The molecule has 4 nitrogen and oxygen atoms in total. The van der Waals surface area contributed by atoms with Crippen LogP contribution in [0.5, 0.6) is 5.75 Å². The molecule has 0 aliphatic heterocycles. The number of nitrogens with zero attached hydrogens (tertiary/aromatic N) is 1. The summed E-state index contributed by atoms with van der Waals surface area (Å²) in [4.78, 5) is 3.53. The number of aromatic hydroxyl groups is 1. The standard InChI is InChI=1S/C26H31N3O/c1-2-3-4-5-6-11-18-29-24-15-10-9-14-23(24)28-26(29)27-19-22-21-13-8-7-12-20(21)16-17-25(22)30/h7-10,12-17H,2-6,11,18-19H2,1H3,(H2,27,28,30)/p+1. The molecule has 0 atom stereocenters. The number of unbranched alkanes of at least 4 members (excludes halogenated alkanes) is 5. The number of para-hydroxylation sites is 2. The van der Waals surface area contributed by atoms with Gasteiger partial charge in [-0.05, 0) is 35.4 Å². The molecule has 0 radical (unpaired) electrons. The molecular weight excluding hydrogens is 370 g/mol. The maximum atomic E-state index is 10.5. The van der Waals surface area contributed by atoms with E-state index in [2.05, 4.69) is 58.2 Å². The molecule has 0 amide bonds. The molecule has 0 bridgehead atoms. The number of hydrogen-bond acceptors (Lipinski definition) is 2. The summed E-state index contributed by atoms with van der Waals surface area (Å²) >= 11 is 0. The molecule has 0 aliphatic carbocycles. The van der Waals surface area contributed by atoms with Crippen LogP contribution in [0, 0.1) is 0 Å². The van der Waals surface area contributed by atoms with Gasteiger partial charge in [0.2, 0.25) is 0 Å². The van der Waals surface area contributed by atoms with Crippen molar-refractivity contribution in [3.63, 3.8) is 0 Å². The van der Waals surface area contributed by atoms with Crippen molar-refractivity contribution in [1.29, 1.82) is 0 Å². The monoisotopic (exact) mass is 402 g/mol. The molecular formula is C26H32N3O+. The quantitative estimate of drug-likeness (QED) is 0.216. The zero-order chi connectivity index (χ0) is 20.8. The van der Waals surface area contributed by atoms with Crippen LogP contribution in [-0.4, -0.2) is 10.1 Å². The number of aryl methyl sites for hydroxylation is 1. The number of aromatic nitrogens is 2.